The molecule has 0 radical (unpaired) electrons. The van der Waals surface area contributed by atoms with Gasteiger partial charge < -0.3 is 5.73 Å². The fraction of sp³-hybridized carbons (Fsp3) is 0.429. The van der Waals surface area contributed by atoms with Crippen LogP contribution in [0.3, 0.4) is 0 Å². The second kappa shape index (κ2) is 5.59. The van der Waals surface area contributed by atoms with Crippen molar-refractivity contribution in [2.75, 3.05) is 6.54 Å². The Morgan fingerprint density at radius 1 is 1.28 bits per heavy atom. The van der Waals surface area contributed by atoms with E-state index < -0.39 is 0 Å². The van der Waals surface area contributed by atoms with Crippen molar-refractivity contribution in [2.24, 2.45) is 11.1 Å². The van der Waals surface area contributed by atoms with Crippen molar-refractivity contribution < 1.29 is 0 Å². The van der Waals surface area contributed by atoms with Crippen LogP contribution in [0.1, 0.15) is 25.3 Å². The first-order valence-corrected chi connectivity index (χ1v) is 7.03. The molecule has 0 aliphatic rings. The lowest BCUT2D eigenvalue weighted by Gasteiger charge is -2.22. The number of thiazole rings is 1. The maximum absolute atomic E-state index is 5.64. The second-order valence-corrected chi connectivity index (χ2v) is 6.18. The summed E-state index contributed by atoms with van der Waals surface area (Å²) in [4.78, 5) is 8.72. The highest BCUT2D eigenvalue weighted by Gasteiger charge is 2.19. The van der Waals surface area contributed by atoms with Crippen LogP contribution in [0.15, 0.2) is 29.9 Å². The lowest BCUT2D eigenvalue weighted by Crippen LogP contribution is -2.19. The summed E-state index contributed by atoms with van der Waals surface area (Å²) in [7, 11) is 0. The zero-order valence-corrected chi connectivity index (χ0v) is 11.7. The standard InChI is InChI=1S/C14H19N3S/c1-14(2,5-6-15)9-13-17-12(10-18-13)11-3-7-16-8-4-11/h3-4,7-8,10H,5-6,9,15H2,1-2H3. The Kier molecular flexibility index (Phi) is 4.09. The van der Waals surface area contributed by atoms with Crippen molar-refractivity contribution in [1.82, 2.24) is 9.97 Å². The summed E-state index contributed by atoms with van der Waals surface area (Å²) in [6.07, 6.45) is 5.61. The van der Waals surface area contributed by atoms with E-state index in [0.29, 0.717) is 0 Å². The van der Waals surface area contributed by atoms with Gasteiger partial charge in [-0.15, -0.1) is 11.3 Å². The number of hydrogen-bond donors (Lipinski definition) is 1. The average Bonchev–Trinajstić information content (AvgIpc) is 2.77. The monoisotopic (exact) mass is 261 g/mol. The summed E-state index contributed by atoms with van der Waals surface area (Å²) in [6.45, 7) is 5.22. The minimum Gasteiger partial charge on any atom is -0.330 e. The van der Waals surface area contributed by atoms with Crippen LogP contribution in [-0.4, -0.2) is 16.5 Å². The lowest BCUT2D eigenvalue weighted by atomic mass is 9.86. The quantitative estimate of drug-likeness (QED) is 0.899. The highest BCUT2D eigenvalue weighted by molar-refractivity contribution is 7.09. The molecule has 2 N–H and O–H groups in total. The molecule has 4 heteroatoms. The van der Waals surface area contributed by atoms with Crippen LogP contribution in [0.2, 0.25) is 0 Å². The van der Waals surface area contributed by atoms with E-state index in [-0.39, 0.29) is 5.41 Å². The van der Waals surface area contributed by atoms with E-state index in [1.54, 1.807) is 23.7 Å². The van der Waals surface area contributed by atoms with Crippen LogP contribution in [-0.2, 0) is 6.42 Å². The van der Waals surface area contributed by atoms with Crippen molar-refractivity contribution in [1.29, 1.82) is 0 Å². The third kappa shape index (κ3) is 3.37. The molecular weight excluding hydrogens is 242 g/mol. The van der Waals surface area contributed by atoms with Gasteiger partial charge in [0.25, 0.3) is 0 Å². The molecule has 0 fully saturated rings. The first-order valence-electron chi connectivity index (χ1n) is 6.16. The maximum atomic E-state index is 5.64. The molecule has 3 nitrogen and oxygen atoms in total. The summed E-state index contributed by atoms with van der Waals surface area (Å²) in [5.41, 5.74) is 8.04. The third-order valence-electron chi connectivity index (χ3n) is 2.98. The van der Waals surface area contributed by atoms with Gasteiger partial charge in [-0.3, -0.25) is 4.98 Å². The number of aromatic nitrogens is 2. The van der Waals surface area contributed by atoms with Crippen LogP contribution in [0, 0.1) is 5.41 Å². The van der Waals surface area contributed by atoms with E-state index in [0.717, 1.165) is 30.6 Å². The Bertz CT molecular complexity index is 491. The van der Waals surface area contributed by atoms with Gasteiger partial charge in [-0.2, -0.15) is 0 Å². The van der Waals surface area contributed by atoms with Gasteiger partial charge in [-0.1, -0.05) is 13.8 Å². The maximum Gasteiger partial charge on any atom is 0.0937 e. The SMILES string of the molecule is CC(C)(CCN)Cc1nc(-c2ccncc2)cs1. The molecule has 0 bridgehead atoms. The largest absolute Gasteiger partial charge is 0.330 e. The molecule has 0 saturated heterocycles. The summed E-state index contributed by atoms with van der Waals surface area (Å²) in [6, 6.07) is 3.98. The highest BCUT2D eigenvalue weighted by atomic mass is 32.1. The van der Waals surface area contributed by atoms with Crippen LogP contribution in [0.4, 0.5) is 0 Å². The molecule has 2 aromatic rings. The van der Waals surface area contributed by atoms with Gasteiger partial charge in [0.15, 0.2) is 0 Å². The minimum atomic E-state index is 0.224. The molecule has 0 aliphatic heterocycles. The van der Waals surface area contributed by atoms with E-state index in [1.165, 1.54) is 5.01 Å². The second-order valence-electron chi connectivity index (χ2n) is 5.24. The Labute approximate surface area is 112 Å². The van der Waals surface area contributed by atoms with Gasteiger partial charge in [0.1, 0.15) is 0 Å². The molecule has 0 aromatic carbocycles. The van der Waals surface area contributed by atoms with E-state index in [4.69, 9.17) is 10.7 Å². The Morgan fingerprint density at radius 3 is 2.67 bits per heavy atom. The van der Waals surface area contributed by atoms with Crippen molar-refractivity contribution >= 4 is 11.3 Å². The molecule has 2 aromatic heterocycles. The molecule has 2 rings (SSSR count). The number of hydrogen-bond acceptors (Lipinski definition) is 4. The molecule has 0 spiro atoms. The zero-order chi connectivity index (χ0) is 13.0. The van der Waals surface area contributed by atoms with Crippen molar-refractivity contribution in [3.05, 3.63) is 34.9 Å². The van der Waals surface area contributed by atoms with Gasteiger partial charge >= 0.3 is 0 Å². The van der Waals surface area contributed by atoms with Gasteiger partial charge in [-0.05, 0) is 30.5 Å². The molecular formula is C14H19N3S. The third-order valence-corrected chi connectivity index (χ3v) is 3.83. The molecule has 0 saturated carbocycles. The normalized spacial score (nSPS) is 11.7. The Hall–Kier alpha value is -1.26. The predicted octanol–water partition coefficient (Wildman–Crippen LogP) is 3.12. The molecule has 96 valence electrons. The topological polar surface area (TPSA) is 51.8 Å². The molecule has 0 amide bonds. The lowest BCUT2D eigenvalue weighted by molar-refractivity contribution is 0.338. The van der Waals surface area contributed by atoms with Crippen LogP contribution in [0.25, 0.3) is 11.3 Å². The molecule has 0 atom stereocenters. The van der Waals surface area contributed by atoms with Gasteiger partial charge in [0, 0.05) is 29.8 Å². The summed E-state index contributed by atoms with van der Waals surface area (Å²) in [5.74, 6) is 0. The Morgan fingerprint density at radius 2 is 2.00 bits per heavy atom. The molecule has 0 aliphatic carbocycles. The van der Waals surface area contributed by atoms with Crippen molar-refractivity contribution in [3.8, 4) is 11.3 Å². The molecule has 2 heterocycles. The van der Waals surface area contributed by atoms with Crippen LogP contribution < -0.4 is 5.73 Å². The minimum absolute atomic E-state index is 0.224. The zero-order valence-electron chi connectivity index (χ0n) is 10.9. The molecule has 0 unspecified atom stereocenters. The smallest absolute Gasteiger partial charge is 0.0937 e. The number of nitrogens with zero attached hydrogens (tertiary/aromatic N) is 2. The van der Waals surface area contributed by atoms with Crippen molar-refractivity contribution in [2.45, 2.75) is 26.7 Å². The van der Waals surface area contributed by atoms with Gasteiger partial charge in [0.2, 0.25) is 0 Å². The number of nitrogens with two attached hydrogens (primary N) is 1. The fourth-order valence-corrected chi connectivity index (χ4v) is 3.00. The Balaban J connectivity index is 2.12. The van der Waals surface area contributed by atoms with E-state index >= 15 is 0 Å². The molecule has 18 heavy (non-hydrogen) atoms. The highest BCUT2D eigenvalue weighted by Crippen LogP contribution is 2.29. The fourth-order valence-electron chi connectivity index (χ4n) is 1.94. The summed E-state index contributed by atoms with van der Waals surface area (Å²) in [5, 5.41) is 3.30. The van der Waals surface area contributed by atoms with E-state index in [1.807, 2.05) is 12.1 Å². The predicted molar refractivity (Wildman–Crippen MR) is 76.5 cm³/mol. The number of rotatable bonds is 5. The van der Waals surface area contributed by atoms with Gasteiger partial charge in [-0.25, -0.2) is 4.98 Å². The number of pyridine rings is 1. The van der Waals surface area contributed by atoms with Crippen molar-refractivity contribution in [3.63, 3.8) is 0 Å². The average molecular weight is 261 g/mol. The van der Waals surface area contributed by atoms with E-state index in [2.05, 4.69) is 24.2 Å². The first-order chi connectivity index (χ1) is 8.61. The van der Waals surface area contributed by atoms with Crippen LogP contribution >= 0.6 is 11.3 Å². The van der Waals surface area contributed by atoms with E-state index in [9.17, 15) is 0 Å². The first kappa shape index (κ1) is 13.2. The summed E-state index contributed by atoms with van der Waals surface area (Å²) >= 11 is 1.72. The van der Waals surface area contributed by atoms with Crippen LogP contribution in [0.5, 0.6) is 0 Å². The summed E-state index contributed by atoms with van der Waals surface area (Å²) < 4.78 is 0. The van der Waals surface area contributed by atoms with Gasteiger partial charge in [0.05, 0.1) is 10.7 Å².